The van der Waals surface area contributed by atoms with E-state index in [1.807, 2.05) is 49.2 Å². The Hall–Kier alpha value is -4.43. The van der Waals surface area contributed by atoms with Crippen LogP contribution in [0.1, 0.15) is 69.7 Å². The van der Waals surface area contributed by atoms with Crippen molar-refractivity contribution < 1.29 is 23.9 Å². The van der Waals surface area contributed by atoms with E-state index in [1.54, 1.807) is 55.8 Å². The topological polar surface area (TPSA) is 140 Å². The van der Waals surface area contributed by atoms with Gasteiger partial charge in [0.05, 0.1) is 24.1 Å². The van der Waals surface area contributed by atoms with Crippen molar-refractivity contribution in [1.82, 2.24) is 20.1 Å². The van der Waals surface area contributed by atoms with Crippen LogP contribution in [-0.2, 0) is 16.0 Å². The van der Waals surface area contributed by atoms with Crippen LogP contribution in [0.3, 0.4) is 0 Å². The maximum Gasteiger partial charge on any atom is 0.412 e. The van der Waals surface area contributed by atoms with Crippen molar-refractivity contribution in [3.05, 3.63) is 64.1 Å². The first-order chi connectivity index (χ1) is 22.2. The Morgan fingerprint density at radius 1 is 1.00 bits per heavy atom. The minimum atomic E-state index is -0.673. The third kappa shape index (κ3) is 9.78. The lowest BCUT2D eigenvalue weighted by atomic mass is 10.0. The molecule has 0 radical (unpaired) electrons. The number of benzene rings is 1. The van der Waals surface area contributed by atoms with Crippen LogP contribution in [0.4, 0.5) is 26.7 Å². The van der Waals surface area contributed by atoms with Gasteiger partial charge in [-0.2, -0.15) is 5.10 Å². The molecule has 1 saturated heterocycles. The summed E-state index contributed by atoms with van der Waals surface area (Å²) >= 11 is 3.03. The van der Waals surface area contributed by atoms with Crippen LogP contribution in [0, 0.1) is 0 Å². The molecule has 47 heavy (non-hydrogen) atoms. The average molecular weight is 680 g/mol. The highest BCUT2D eigenvalue weighted by Crippen LogP contribution is 2.33. The molecule has 250 valence electrons. The number of anilines is 3. The Balaban J connectivity index is 1.34. The number of aromatic nitrogens is 3. The van der Waals surface area contributed by atoms with Crippen LogP contribution in [0.2, 0.25) is 0 Å². The minimum absolute atomic E-state index is 0.149. The van der Waals surface area contributed by atoms with Crippen LogP contribution in [0.15, 0.2) is 53.5 Å². The summed E-state index contributed by atoms with van der Waals surface area (Å²) < 4.78 is 12.7. The number of hydrogen-bond donors (Lipinski definition) is 3. The first kappa shape index (κ1) is 33.9. The van der Waals surface area contributed by atoms with Crippen molar-refractivity contribution in [3.8, 4) is 10.6 Å². The number of nitrogens with zero attached hydrogens (tertiary/aromatic N) is 4. The van der Waals surface area contributed by atoms with Crippen LogP contribution in [0.5, 0.6) is 0 Å². The van der Waals surface area contributed by atoms with Gasteiger partial charge in [-0.25, -0.2) is 14.6 Å². The molecule has 0 unspecified atom stereocenters. The van der Waals surface area contributed by atoms with Crippen LogP contribution in [-0.4, -0.2) is 63.2 Å². The standard InChI is InChI=1S/C33H41N7O5S2/c1-32(2,3)44-30(42)35-22-11-12-27(39-13-7-9-23(18-39)36-31(43)45-33(4,5)6)25(15-22)37-28(41)26-20-47-29(38-26)21-16-34-40(17-21)19-24-10-8-14-46-24/h8,10-12,14-17,20,23H,7,9,13,18-19H2,1-6H3,(H,35,42)(H,36,43)(H,37,41)/t23-/m1/s1. The number of ether oxygens (including phenoxy) is 2. The lowest BCUT2D eigenvalue weighted by Crippen LogP contribution is -2.49. The quantitative estimate of drug-likeness (QED) is 0.178. The number of rotatable bonds is 8. The molecular formula is C33H41N7O5S2. The number of nitrogens with one attached hydrogen (secondary N) is 3. The second kappa shape index (κ2) is 14.1. The minimum Gasteiger partial charge on any atom is -0.444 e. The molecule has 1 atom stereocenters. The molecule has 12 nitrogen and oxygen atoms in total. The van der Waals surface area contributed by atoms with Gasteiger partial charge in [0.2, 0.25) is 0 Å². The number of thiophene rings is 1. The van der Waals surface area contributed by atoms with Gasteiger partial charge in [-0.15, -0.1) is 22.7 Å². The van der Waals surface area contributed by atoms with Crippen molar-refractivity contribution in [3.63, 3.8) is 0 Å². The predicted molar refractivity (Wildman–Crippen MR) is 186 cm³/mol. The van der Waals surface area contributed by atoms with E-state index in [0.29, 0.717) is 36.0 Å². The fourth-order valence-corrected chi connectivity index (χ4v) is 6.49. The van der Waals surface area contributed by atoms with E-state index in [-0.39, 0.29) is 11.7 Å². The molecular weight excluding hydrogens is 639 g/mol. The van der Waals surface area contributed by atoms with Gasteiger partial charge in [0, 0.05) is 46.8 Å². The Bertz CT molecular complexity index is 1700. The molecule has 0 spiro atoms. The van der Waals surface area contributed by atoms with Gasteiger partial charge in [0.25, 0.3) is 5.91 Å². The molecule has 0 saturated carbocycles. The molecule has 3 amide bonds. The van der Waals surface area contributed by atoms with E-state index in [4.69, 9.17) is 9.47 Å². The van der Waals surface area contributed by atoms with Crippen molar-refractivity contribution in [2.75, 3.05) is 28.6 Å². The van der Waals surface area contributed by atoms with Crippen LogP contribution in [0.25, 0.3) is 10.6 Å². The maximum absolute atomic E-state index is 13.6. The Morgan fingerprint density at radius 3 is 2.49 bits per heavy atom. The molecule has 4 heterocycles. The van der Waals surface area contributed by atoms with Gasteiger partial charge >= 0.3 is 12.2 Å². The Kier molecular flexibility index (Phi) is 10.2. The van der Waals surface area contributed by atoms with Gasteiger partial charge in [-0.3, -0.25) is 14.8 Å². The number of alkyl carbamates (subject to hydrolysis) is 1. The number of thiazole rings is 1. The van der Waals surface area contributed by atoms with Gasteiger partial charge < -0.3 is 25.0 Å². The Labute approximate surface area is 282 Å². The molecule has 3 N–H and O–H groups in total. The van der Waals surface area contributed by atoms with Crippen molar-refractivity contribution in [2.45, 2.75) is 78.2 Å². The molecule has 4 aromatic rings. The number of amides is 3. The molecule has 1 aromatic carbocycles. The van der Waals surface area contributed by atoms with E-state index in [0.717, 1.165) is 24.1 Å². The second-order valence-corrected chi connectivity index (χ2v) is 15.2. The zero-order valence-corrected chi connectivity index (χ0v) is 29.1. The summed E-state index contributed by atoms with van der Waals surface area (Å²) in [6.45, 7) is 12.7. The molecule has 3 aromatic heterocycles. The van der Waals surface area contributed by atoms with Crippen LogP contribution < -0.4 is 20.9 Å². The second-order valence-electron chi connectivity index (χ2n) is 13.3. The predicted octanol–water partition coefficient (Wildman–Crippen LogP) is 7.21. The molecule has 1 aliphatic rings. The summed E-state index contributed by atoms with van der Waals surface area (Å²) in [5.74, 6) is -0.394. The average Bonchev–Trinajstić information content (AvgIpc) is 3.74. The SMILES string of the molecule is CC(C)(C)OC(=O)Nc1ccc(N2CCC[C@@H](NC(=O)OC(C)(C)C)C2)c(NC(=O)c2csc(-c3cnn(Cc4cccs4)c3)n2)c1. The van der Waals surface area contributed by atoms with Gasteiger partial charge in [-0.1, -0.05) is 6.07 Å². The highest BCUT2D eigenvalue weighted by atomic mass is 32.1. The Morgan fingerprint density at radius 2 is 1.77 bits per heavy atom. The lowest BCUT2D eigenvalue weighted by Gasteiger charge is -2.36. The summed E-state index contributed by atoms with van der Waals surface area (Å²) in [6, 6.07) is 9.22. The fourth-order valence-electron chi connectivity index (χ4n) is 5.02. The molecule has 0 bridgehead atoms. The maximum atomic E-state index is 13.6. The zero-order chi connectivity index (χ0) is 33.8. The summed E-state index contributed by atoms with van der Waals surface area (Å²) in [5.41, 5.74) is 1.49. The third-order valence-corrected chi connectivity index (χ3v) is 8.64. The van der Waals surface area contributed by atoms with Crippen LogP contribution >= 0.6 is 22.7 Å². The first-order valence-corrected chi connectivity index (χ1v) is 17.2. The van der Waals surface area contributed by atoms with E-state index in [1.165, 1.54) is 16.2 Å². The number of carbonyl (C=O) groups excluding carboxylic acids is 3. The number of carbonyl (C=O) groups is 3. The summed E-state index contributed by atoms with van der Waals surface area (Å²) in [6.07, 6.45) is 4.21. The van der Waals surface area contributed by atoms with Crippen molar-refractivity contribution in [2.24, 2.45) is 0 Å². The van der Waals surface area contributed by atoms with Gasteiger partial charge in [0.1, 0.15) is 21.9 Å². The first-order valence-electron chi connectivity index (χ1n) is 15.4. The fraction of sp³-hybridized carbons (Fsp3) is 0.424. The number of hydrogen-bond acceptors (Lipinski definition) is 10. The normalized spacial score (nSPS) is 15.2. The highest BCUT2D eigenvalue weighted by Gasteiger charge is 2.27. The summed E-state index contributed by atoms with van der Waals surface area (Å²) in [4.78, 5) is 46.5. The smallest absolute Gasteiger partial charge is 0.412 e. The molecule has 1 fully saturated rings. The van der Waals surface area contributed by atoms with Gasteiger partial charge in [0.15, 0.2) is 0 Å². The van der Waals surface area contributed by atoms with E-state index in [9.17, 15) is 14.4 Å². The molecule has 1 aliphatic heterocycles. The van der Waals surface area contributed by atoms with Gasteiger partial charge in [-0.05, 0) is 84.0 Å². The van der Waals surface area contributed by atoms with E-state index in [2.05, 4.69) is 37.0 Å². The van der Waals surface area contributed by atoms with E-state index < -0.39 is 29.3 Å². The summed E-state index contributed by atoms with van der Waals surface area (Å²) in [5, 5.41) is 17.6. The monoisotopic (exact) mass is 679 g/mol. The lowest BCUT2D eigenvalue weighted by molar-refractivity contribution is 0.0499. The summed E-state index contributed by atoms with van der Waals surface area (Å²) in [7, 11) is 0. The zero-order valence-electron chi connectivity index (χ0n) is 27.5. The largest absolute Gasteiger partial charge is 0.444 e. The molecule has 0 aliphatic carbocycles. The van der Waals surface area contributed by atoms with E-state index >= 15 is 0 Å². The van der Waals surface area contributed by atoms with Crippen molar-refractivity contribution in [1.29, 1.82) is 0 Å². The van der Waals surface area contributed by atoms with Crippen molar-refractivity contribution >= 4 is 57.8 Å². The molecule has 14 heteroatoms. The highest BCUT2D eigenvalue weighted by molar-refractivity contribution is 7.13. The number of piperidine rings is 1. The third-order valence-electron chi connectivity index (χ3n) is 6.89. The molecule has 5 rings (SSSR count).